The fourth-order valence-corrected chi connectivity index (χ4v) is 2.78. The zero-order valence-corrected chi connectivity index (χ0v) is 11.5. The van der Waals surface area contributed by atoms with E-state index in [1.165, 1.54) is 25.7 Å². The molecular weight excluding hydrogens is 214 g/mol. The lowest BCUT2D eigenvalue weighted by molar-refractivity contribution is -0.125. The molecule has 0 aromatic carbocycles. The molecule has 17 heavy (non-hydrogen) atoms. The summed E-state index contributed by atoms with van der Waals surface area (Å²) in [6, 6.07) is 0. The van der Waals surface area contributed by atoms with Crippen LogP contribution in [0.3, 0.4) is 0 Å². The number of nitrogens with zero attached hydrogens (tertiary/aromatic N) is 1. The van der Waals surface area contributed by atoms with Gasteiger partial charge in [0.2, 0.25) is 5.91 Å². The largest absolute Gasteiger partial charge is 0.303 e. The first kappa shape index (κ1) is 14.5. The lowest BCUT2D eigenvalue weighted by Crippen LogP contribution is -2.45. The maximum atomic E-state index is 11.4. The molecule has 0 saturated carbocycles. The zero-order chi connectivity index (χ0) is 12.9. The van der Waals surface area contributed by atoms with E-state index in [2.05, 4.69) is 24.2 Å². The number of amides is 1. The number of likely N-dealkylation sites (tertiary alicyclic amines) is 1. The van der Waals surface area contributed by atoms with Crippen LogP contribution in [0.15, 0.2) is 0 Å². The SMILES string of the molecule is CCC1(CC)CCN(CC(C)C(=O)NN)CC1. The molecular formula is C13H27N3O. The Bertz CT molecular complexity index is 241. The highest BCUT2D eigenvalue weighted by atomic mass is 16.2. The number of rotatable bonds is 5. The molecule has 1 fully saturated rings. The molecule has 1 saturated heterocycles. The summed E-state index contributed by atoms with van der Waals surface area (Å²) in [7, 11) is 0. The van der Waals surface area contributed by atoms with E-state index in [0.29, 0.717) is 5.41 Å². The smallest absolute Gasteiger partial charge is 0.237 e. The quantitative estimate of drug-likeness (QED) is 0.436. The second kappa shape index (κ2) is 6.36. The number of hydrogen-bond donors (Lipinski definition) is 2. The van der Waals surface area contributed by atoms with Gasteiger partial charge in [0.25, 0.3) is 0 Å². The van der Waals surface area contributed by atoms with Gasteiger partial charge in [-0.25, -0.2) is 5.84 Å². The van der Waals surface area contributed by atoms with Crippen molar-refractivity contribution in [2.24, 2.45) is 17.2 Å². The summed E-state index contributed by atoms with van der Waals surface area (Å²) >= 11 is 0. The molecule has 0 bridgehead atoms. The van der Waals surface area contributed by atoms with Gasteiger partial charge in [0.15, 0.2) is 0 Å². The third kappa shape index (κ3) is 3.68. The Morgan fingerprint density at radius 3 is 2.29 bits per heavy atom. The van der Waals surface area contributed by atoms with Crippen LogP contribution in [0.4, 0.5) is 0 Å². The first-order chi connectivity index (χ1) is 8.06. The highest BCUT2D eigenvalue weighted by Gasteiger charge is 2.31. The molecule has 100 valence electrons. The molecule has 0 radical (unpaired) electrons. The van der Waals surface area contributed by atoms with Crippen molar-refractivity contribution in [2.75, 3.05) is 19.6 Å². The highest BCUT2D eigenvalue weighted by molar-refractivity contribution is 5.77. The molecule has 3 N–H and O–H groups in total. The predicted molar refractivity (Wildman–Crippen MR) is 70.2 cm³/mol. The lowest BCUT2D eigenvalue weighted by atomic mass is 9.74. The van der Waals surface area contributed by atoms with E-state index >= 15 is 0 Å². The van der Waals surface area contributed by atoms with Crippen LogP contribution in [0.25, 0.3) is 0 Å². The van der Waals surface area contributed by atoms with Crippen LogP contribution in [0, 0.1) is 11.3 Å². The van der Waals surface area contributed by atoms with Crippen LogP contribution < -0.4 is 11.3 Å². The molecule has 1 rings (SSSR count). The fourth-order valence-electron chi connectivity index (χ4n) is 2.78. The number of hydrogen-bond acceptors (Lipinski definition) is 3. The number of piperidine rings is 1. The van der Waals surface area contributed by atoms with Crippen molar-refractivity contribution in [2.45, 2.75) is 46.5 Å². The van der Waals surface area contributed by atoms with Crippen LogP contribution in [0.5, 0.6) is 0 Å². The van der Waals surface area contributed by atoms with E-state index in [4.69, 9.17) is 5.84 Å². The standard InChI is InChI=1S/C13H27N3O/c1-4-13(5-2)6-8-16(9-7-13)10-11(3)12(17)15-14/h11H,4-10,14H2,1-3H3,(H,15,17). The molecule has 1 heterocycles. The van der Waals surface area contributed by atoms with E-state index in [-0.39, 0.29) is 11.8 Å². The Kier molecular flexibility index (Phi) is 5.40. The molecule has 4 heteroatoms. The van der Waals surface area contributed by atoms with Gasteiger partial charge in [-0.1, -0.05) is 33.6 Å². The van der Waals surface area contributed by atoms with Crippen LogP contribution in [0.2, 0.25) is 0 Å². The van der Waals surface area contributed by atoms with Crippen LogP contribution in [-0.2, 0) is 4.79 Å². The second-order valence-electron chi connectivity index (χ2n) is 5.42. The summed E-state index contributed by atoms with van der Waals surface area (Å²) in [6.07, 6.45) is 5.07. The molecule has 1 aliphatic heterocycles. The summed E-state index contributed by atoms with van der Waals surface area (Å²) < 4.78 is 0. The molecule has 1 atom stereocenters. The van der Waals surface area contributed by atoms with Gasteiger partial charge in [0.1, 0.15) is 0 Å². The third-order valence-electron chi connectivity index (χ3n) is 4.54. The first-order valence-corrected chi connectivity index (χ1v) is 6.79. The van der Waals surface area contributed by atoms with Crippen LogP contribution in [0.1, 0.15) is 46.5 Å². The summed E-state index contributed by atoms with van der Waals surface area (Å²) in [4.78, 5) is 13.8. The molecule has 1 aliphatic rings. The first-order valence-electron chi connectivity index (χ1n) is 6.79. The van der Waals surface area contributed by atoms with E-state index in [9.17, 15) is 4.79 Å². The molecule has 0 spiro atoms. The van der Waals surface area contributed by atoms with Gasteiger partial charge in [-0.15, -0.1) is 0 Å². The lowest BCUT2D eigenvalue weighted by Gasteiger charge is -2.41. The number of carbonyl (C=O) groups is 1. The Morgan fingerprint density at radius 2 is 1.88 bits per heavy atom. The molecule has 0 aromatic heterocycles. The molecule has 0 aliphatic carbocycles. The maximum absolute atomic E-state index is 11.4. The Morgan fingerprint density at radius 1 is 1.35 bits per heavy atom. The van der Waals surface area contributed by atoms with Gasteiger partial charge in [-0.05, 0) is 31.3 Å². The maximum Gasteiger partial charge on any atom is 0.237 e. The van der Waals surface area contributed by atoms with Crippen LogP contribution in [-0.4, -0.2) is 30.4 Å². The van der Waals surface area contributed by atoms with E-state index in [1.807, 2.05) is 6.92 Å². The fraction of sp³-hybridized carbons (Fsp3) is 0.923. The van der Waals surface area contributed by atoms with Crippen LogP contribution >= 0.6 is 0 Å². The number of nitrogens with two attached hydrogens (primary N) is 1. The number of carbonyl (C=O) groups excluding carboxylic acids is 1. The van der Waals surface area contributed by atoms with Crippen molar-refractivity contribution in [1.29, 1.82) is 0 Å². The summed E-state index contributed by atoms with van der Waals surface area (Å²) in [6.45, 7) is 9.58. The highest BCUT2D eigenvalue weighted by Crippen LogP contribution is 2.37. The minimum absolute atomic E-state index is 0.0178. The van der Waals surface area contributed by atoms with Gasteiger partial charge in [0, 0.05) is 12.5 Å². The average molecular weight is 241 g/mol. The van der Waals surface area contributed by atoms with Crippen molar-refractivity contribution < 1.29 is 4.79 Å². The van der Waals surface area contributed by atoms with Gasteiger partial charge in [0.05, 0.1) is 0 Å². The Balaban J connectivity index is 2.39. The third-order valence-corrected chi connectivity index (χ3v) is 4.54. The van der Waals surface area contributed by atoms with Gasteiger partial charge < -0.3 is 4.90 Å². The van der Waals surface area contributed by atoms with E-state index < -0.39 is 0 Å². The van der Waals surface area contributed by atoms with Gasteiger partial charge >= 0.3 is 0 Å². The average Bonchev–Trinajstić information content (AvgIpc) is 2.39. The molecule has 0 aromatic rings. The Labute approximate surface area is 105 Å². The van der Waals surface area contributed by atoms with Crippen molar-refractivity contribution in [3.63, 3.8) is 0 Å². The Hall–Kier alpha value is -0.610. The molecule has 4 nitrogen and oxygen atoms in total. The summed E-state index contributed by atoms with van der Waals surface area (Å²) in [5, 5.41) is 0. The molecule has 1 unspecified atom stereocenters. The predicted octanol–water partition coefficient (Wildman–Crippen LogP) is 1.51. The van der Waals surface area contributed by atoms with E-state index in [0.717, 1.165) is 19.6 Å². The van der Waals surface area contributed by atoms with Gasteiger partial charge in [-0.2, -0.15) is 0 Å². The minimum atomic E-state index is -0.0622. The van der Waals surface area contributed by atoms with Crippen molar-refractivity contribution in [3.05, 3.63) is 0 Å². The topological polar surface area (TPSA) is 58.4 Å². The summed E-state index contributed by atoms with van der Waals surface area (Å²) in [5.41, 5.74) is 2.78. The second-order valence-corrected chi connectivity index (χ2v) is 5.42. The minimum Gasteiger partial charge on any atom is -0.303 e. The van der Waals surface area contributed by atoms with Crippen molar-refractivity contribution >= 4 is 5.91 Å². The van der Waals surface area contributed by atoms with Crippen molar-refractivity contribution in [1.82, 2.24) is 10.3 Å². The zero-order valence-electron chi connectivity index (χ0n) is 11.5. The molecule has 1 amide bonds. The van der Waals surface area contributed by atoms with Crippen molar-refractivity contribution in [3.8, 4) is 0 Å². The normalized spacial score (nSPS) is 22.1. The summed E-state index contributed by atoms with van der Waals surface area (Å²) in [5.74, 6) is 5.07. The number of nitrogens with one attached hydrogen (secondary N) is 1. The van der Waals surface area contributed by atoms with E-state index in [1.54, 1.807) is 0 Å². The monoisotopic (exact) mass is 241 g/mol. The van der Waals surface area contributed by atoms with Gasteiger partial charge in [-0.3, -0.25) is 10.2 Å². The number of hydrazine groups is 1.